The van der Waals surface area contributed by atoms with Crippen LogP contribution in [0.15, 0.2) is 48.5 Å². The molecule has 2 aromatic carbocycles. The van der Waals surface area contributed by atoms with Gasteiger partial charge in [0.2, 0.25) is 0 Å². The van der Waals surface area contributed by atoms with E-state index in [1.807, 2.05) is 24.3 Å². The average molecular weight is 353 g/mol. The Morgan fingerprint density at radius 3 is 2.54 bits per heavy atom. The minimum atomic E-state index is 0.0546. The molecule has 0 spiro atoms. The Morgan fingerprint density at radius 2 is 1.92 bits per heavy atom. The van der Waals surface area contributed by atoms with Crippen LogP contribution in [0.4, 0.5) is 5.69 Å². The number of benzene rings is 2. The van der Waals surface area contributed by atoms with Crippen LogP contribution in [0.5, 0.6) is 5.75 Å². The summed E-state index contributed by atoms with van der Waals surface area (Å²) in [7, 11) is 1.63. The fourth-order valence-corrected chi connectivity index (χ4v) is 3.24. The first kappa shape index (κ1) is 18.5. The summed E-state index contributed by atoms with van der Waals surface area (Å²) >= 11 is 0. The van der Waals surface area contributed by atoms with E-state index in [0.29, 0.717) is 18.5 Å². The van der Waals surface area contributed by atoms with Crippen LogP contribution in [0.2, 0.25) is 0 Å². The maximum absolute atomic E-state index is 12.5. The number of hydrogen-bond donors (Lipinski definition) is 2. The Morgan fingerprint density at radius 1 is 1.19 bits per heavy atom. The van der Waals surface area contributed by atoms with Crippen LogP contribution >= 0.6 is 0 Å². The van der Waals surface area contributed by atoms with Gasteiger partial charge in [-0.2, -0.15) is 0 Å². The van der Waals surface area contributed by atoms with E-state index in [-0.39, 0.29) is 5.91 Å². The molecule has 1 fully saturated rings. The molecule has 0 heterocycles. The SMILES string of the molecule is COc1cccc(NC(=O)C[NH+](Cc2ccc(C(C)C)cc2)C2CC2)c1. The number of methoxy groups -OCH3 is 1. The van der Waals surface area contributed by atoms with Gasteiger partial charge in [0, 0.05) is 30.2 Å². The summed E-state index contributed by atoms with van der Waals surface area (Å²) in [4.78, 5) is 13.9. The molecule has 0 aromatic heterocycles. The molecule has 4 heteroatoms. The molecule has 2 aromatic rings. The van der Waals surface area contributed by atoms with Crippen LogP contribution < -0.4 is 15.0 Å². The quantitative estimate of drug-likeness (QED) is 0.766. The molecule has 0 bridgehead atoms. The van der Waals surface area contributed by atoms with Gasteiger partial charge < -0.3 is 15.0 Å². The second kappa shape index (κ2) is 8.37. The standard InChI is InChI=1S/C22H28N2O2/c1-16(2)18-9-7-17(8-10-18)14-24(20-11-12-20)15-22(25)23-19-5-4-6-21(13-19)26-3/h4-10,13,16,20H,11-12,14-15H2,1-3H3,(H,23,25)/p+1. The van der Waals surface area contributed by atoms with Gasteiger partial charge in [0.05, 0.1) is 13.2 Å². The van der Waals surface area contributed by atoms with Gasteiger partial charge in [0.25, 0.3) is 5.91 Å². The van der Waals surface area contributed by atoms with E-state index in [1.165, 1.54) is 28.9 Å². The molecule has 0 radical (unpaired) electrons. The molecule has 1 saturated carbocycles. The molecule has 1 aliphatic rings. The zero-order valence-corrected chi connectivity index (χ0v) is 15.9. The maximum Gasteiger partial charge on any atom is 0.279 e. The second-order valence-electron chi connectivity index (χ2n) is 7.46. The van der Waals surface area contributed by atoms with Crippen LogP contribution in [-0.4, -0.2) is 25.6 Å². The van der Waals surface area contributed by atoms with Crippen LogP contribution in [0, 0.1) is 0 Å². The third-order valence-corrected chi connectivity index (χ3v) is 4.97. The molecule has 26 heavy (non-hydrogen) atoms. The molecule has 1 atom stereocenters. The van der Waals surface area contributed by atoms with Crippen molar-refractivity contribution in [1.29, 1.82) is 0 Å². The molecule has 1 amide bonds. The molecule has 4 nitrogen and oxygen atoms in total. The zero-order valence-electron chi connectivity index (χ0n) is 15.9. The number of nitrogens with one attached hydrogen (secondary N) is 2. The van der Waals surface area contributed by atoms with E-state index >= 15 is 0 Å². The highest BCUT2D eigenvalue weighted by Crippen LogP contribution is 2.18. The van der Waals surface area contributed by atoms with E-state index in [1.54, 1.807) is 7.11 Å². The lowest BCUT2D eigenvalue weighted by molar-refractivity contribution is -0.916. The highest BCUT2D eigenvalue weighted by molar-refractivity contribution is 5.91. The normalized spacial score (nSPS) is 14.9. The Balaban J connectivity index is 1.60. The van der Waals surface area contributed by atoms with Crippen LogP contribution in [0.1, 0.15) is 43.7 Å². The number of rotatable bonds is 8. The number of quaternary nitrogens is 1. The van der Waals surface area contributed by atoms with Crippen molar-refractivity contribution >= 4 is 11.6 Å². The summed E-state index contributed by atoms with van der Waals surface area (Å²) in [6.45, 7) is 5.81. The molecule has 1 aliphatic carbocycles. The fraction of sp³-hybridized carbons (Fsp3) is 0.409. The number of hydrogen-bond acceptors (Lipinski definition) is 2. The zero-order chi connectivity index (χ0) is 18.5. The lowest BCUT2D eigenvalue weighted by Crippen LogP contribution is -3.13. The topological polar surface area (TPSA) is 42.8 Å². The van der Waals surface area contributed by atoms with Crippen molar-refractivity contribution in [3.05, 3.63) is 59.7 Å². The third kappa shape index (κ3) is 5.09. The molecule has 2 N–H and O–H groups in total. The van der Waals surface area contributed by atoms with Gasteiger partial charge in [-0.15, -0.1) is 0 Å². The minimum Gasteiger partial charge on any atom is -0.497 e. The first-order chi connectivity index (χ1) is 12.5. The van der Waals surface area contributed by atoms with E-state index in [0.717, 1.165) is 18.0 Å². The van der Waals surface area contributed by atoms with Gasteiger partial charge in [0.1, 0.15) is 12.3 Å². The summed E-state index contributed by atoms with van der Waals surface area (Å²) in [6.07, 6.45) is 2.43. The van der Waals surface area contributed by atoms with Crippen molar-refractivity contribution in [2.75, 3.05) is 19.0 Å². The third-order valence-electron chi connectivity index (χ3n) is 4.97. The minimum absolute atomic E-state index is 0.0546. The van der Waals surface area contributed by atoms with Crippen molar-refractivity contribution in [1.82, 2.24) is 0 Å². The van der Waals surface area contributed by atoms with Gasteiger partial charge in [0.15, 0.2) is 6.54 Å². The number of carbonyl (C=O) groups excluding carboxylic acids is 1. The van der Waals surface area contributed by atoms with E-state index in [9.17, 15) is 4.79 Å². The van der Waals surface area contributed by atoms with Gasteiger partial charge in [-0.3, -0.25) is 4.79 Å². The summed E-state index contributed by atoms with van der Waals surface area (Å²) in [5.74, 6) is 1.35. The van der Waals surface area contributed by atoms with Crippen molar-refractivity contribution in [2.24, 2.45) is 0 Å². The Hall–Kier alpha value is -2.33. The molecule has 1 unspecified atom stereocenters. The van der Waals surface area contributed by atoms with E-state index in [4.69, 9.17) is 4.74 Å². The van der Waals surface area contributed by atoms with Gasteiger partial charge in [-0.25, -0.2) is 0 Å². The van der Waals surface area contributed by atoms with Gasteiger partial charge >= 0.3 is 0 Å². The van der Waals surface area contributed by atoms with E-state index < -0.39 is 0 Å². The molecule has 0 saturated heterocycles. The van der Waals surface area contributed by atoms with Crippen LogP contribution in [0.25, 0.3) is 0 Å². The Labute approximate surface area is 156 Å². The smallest absolute Gasteiger partial charge is 0.279 e. The summed E-state index contributed by atoms with van der Waals surface area (Å²) in [5.41, 5.74) is 3.44. The van der Waals surface area contributed by atoms with Crippen LogP contribution in [0.3, 0.4) is 0 Å². The number of ether oxygens (including phenoxy) is 1. The van der Waals surface area contributed by atoms with Crippen molar-refractivity contribution in [3.8, 4) is 5.75 Å². The van der Waals surface area contributed by atoms with Crippen molar-refractivity contribution in [3.63, 3.8) is 0 Å². The largest absolute Gasteiger partial charge is 0.497 e. The second-order valence-corrected chi connectivity index (χ2v) is 7.46. The number of anilines is 1. The van der Waals surface area contributed by atoms with Crippen molar-refractivity contribution in [2.45, 2.75) is 45.2 Å². The number of carbonyl (C=O) groups is 1. The monoisotopic (exact) mass is 353 g/mol. The molecule has 138 valence electrons. The molecular weight excluding hydrogens is 324 g/mol. The number of amides is 1. The molecule has 0 aliphatic heterocycles. The molecule has 3 rings (SSSR count). The van der Waals surface area contributed by atoms with Gasteiger partial charge in [-0.1, -0.05) is 44.2 Å². The lowest BCUT2D eigenvalue weighted by atomic mass is 10.0. The molecular formula is C22H29N2O2+. The van der Waals surface area contributed by atoms with Crippen molar-refractivity contribution < 1.29 is 14.4 Å². The average Bonchev–Trinajstić information content (AvgIpc) is 3.47. The fourth-order valence-electron chi connectivity index (χ4n) is 3.24. The van der Waals surface area contributed by atoms with E-state index in [2.05, 4.69) is 43.4 Å². The predicted octanol–water partition coefficient (Wildman–Crippen LogP) is 3.00. The maximum atomic E-state index is 12.5. The summed E-state index contributed by atoms with van der Waals surface area (Å²) < 4.78 is 5.21. The van der Waals surface area contributed by atoms with Gasteiger partial charge in [-0.05, 0) is 23.6 Å². The summed E-state index contributed by atoms with van der Waals surface area (Å²) in [5, 5.41) is 3.00. The summed E-state index contributed by atoms with van der Waals surface area (Å²) in [6, 6.07) is 16.9. The Bertz CT molecular complexity index is 736. The predicted molar refractivity (Wildman–Crippen MR) is 105 cm³/mol. The first-order valence-corrected chi connectivity index (χ1v) is 9.42. The highest BCUT2D eigenvalue weighted by atomic mass is 16.5. The van der Waals surface area contributed by atoms with Crippen LogP contribution in [-0.2, 0) is 11.3 Å². The first-order valence-electron chi connectivity index (χ1n) is 9.42. The highest BCUT2D eigenvalue weighted by Gasteiger charge is 2.34. The Kier molecular flexibility index (Phi) is 5.94. The lowest BCUT2D eigenvalue weighted by Gasteiger charge is -2.19.